The molecule has 1 atom stereocenters. The highest BCUT2D eigenvalue weighted by Gasteiger charge is 2.33. The first-order valence-corrected chi connectivity index (χ1v) is 9.30. The van der Waals surface area contributed by atoms with Gasteiger partial charge >= 0.3 is 6.18 Å². The van der Waals surface area contributed by atoms with Crippen LogP contribution in [-0.2, 0) is 15.7 Å². The molecule has 3 rings (SSSR count). The second-order valence-corrected chi connectivity index (χ2v) is 6.80. The molecule has 1 aromatic heterocycles. The first-order valence-electron chi connectivity index (χ1n) is 8.92. The monoisotopic (exact) mass is 444 g/mol. The summed E-state index contributed by atoms with van der Waals surface area (Å²) < 4.78 is 63.5. The summed E-state index contributed by atoms with van der Waals surface area (Å²) in [6.45, 7) is 0.841. The van der Waals surface area contributed by atoms with Crippen LogP contribution in [0, 0.1) is 5.82 Å². The topological polar surface area (TPSA) is 51.7 Å². The van der Waals surface area contributed by atoms with Gasteiger partial charge in [-0.1, -0.05) is 17.7 Å². The van der Waals surface area contributed by atoms with Crippen LogP contribution < -0.4 is 4.74 Å². The summed E-state index contributed by atoms with van der Waals surface area (Å²) in [7, 11) is 0. The molecule has 0 N–H and O–H groups in total. The molecule has 1 aromatic carbocycles. The normalized spacial score (nSPS) is 17.4. The number of hydrogen-bond acceptors (Lipinski definition) is 4. The Morgan fingerprint density at radius 1 is 1.37 bits per heavy atom. The Morgan fingerprint density at radius 3 is 2.90 bits per heavy atom. The predicted molar refractivity (Wildman–Crippen MR) is 101 cm³/mol. The summed E-state index contributed by atoms with van der Waals surface area (Å²) in [4.78, 5) is 17.8. The minimum atomic E-state index is -4.74. The summed E-state index contributed by atoms with van der Waals surface area (Å²) in [5, 5.41) is 0.198. The summed E-state index contributed by atoms with van der Waals surface area (Å²) in [5.41, 5.74) is -1.44. The van der Waals surface area contributed by atoms with Gasteiger partial charge in [-0.25, -0.2) is 9.37 Å². The molecule has 10 heteroatoms. The fraction of sp³-hybridized carbons (Fsp3) is 0.300. The fourth-order valence-corrected chi connectivity index (χ4v) is 3.04. The van der Waals surface area contributed by atoms with Crippen LogP contribution in [0.15, 0.2) is 42.6 Å². The largest absolute Gasteiger partial charge is 0.488 e. The number of alkyl halides is 3. The number of hydrogen-bond donors (Lipinski definition) is 0. The van der Waals surface area contributed by atoms with Gasteiger partial charge in [-0.15, -0.1) is 0 Å². The highest BCUT2D eigenvalue weighted by atomic mass is 35.5. The van der Waals surface area contributed by atoms with Gasteiger partial charge in [-0.3, -0.25) is 4.79 Å². The molecule has 1 unspecified atom stereocenters. The number of benzene rings is 1. The lowest BCUT2D eigenvalue weighted by molar-refractivity contribution is -0.138. The number of carbonyl (C=O) groups excluding carboxylic acids is 1. The van der Waals surface area contributed by atoms with E-state index in [9.17, 15) is 22.4 Å². The van der Waals surface area contributed by atoms with E-state index in [1.807, 2.05) is 0 Å². The molecule has 0 bridgehead atoms. The highest BCUT2D eigenvalue weighted by Crippen LogP contribution is 2.33. The number of aromatic nitrogens is 1. The standard InChI is InChI=1S/C20H17ClF4N2O3/c21-19-17(2-1-7-26-19)30-12-15-11-27(8-9-29-15)18(28)6-4-13-3-5-14(22)10-16(13)20(23,24)25/h1-7,10,15H,8-9,11-12H2. The zero-order valence-corrected chi connectivity index (χ0v) is 16.3. The van der Waals surface area contributed by atoms with Crippen LogP contribution in [0.25, 0.3) is 6.08 Å². The van der Waals surface area contributed by atoms with Crippen molar-refractivity contribution in [1.82, 2.24) is 9.88 Å². The van der Waals surface area contributed by atoms with Crippen molar-refractivity contribution >= 4 is 23.6 Å². The molecule has 5 nitrogen and oxygen atoms in total. The van der Waals surface area contributed by atoms with Crippen LogP contribution in [0.5, 0.6) is 5.75 Å². The predicted octanol–water partition coefficient (Wildman–Crippen LogP) is 4.21. The van der Waals surface area contributed by atoms with Gasteiger partial charge in [-0.2, -0.15) is 13.2 Å². The summed E-state index contributed by atoms with van der Waals surface area (Å²) >= 11 is 5.92. The van der Waals surface area contributed by atoms with Gasteiger partial charge in [0.05, 0.1) is 18.7 Å². The summed E-state index contributed by atoms with van der Waals surface area (Å²) in [6, 6.07) is 5.59. The number of amides is 1. The third-order valence-corrected chi connectivity index (χ3v) is 4.61. The summed E-state index contributed by atoms with van der Waals surface area (Å²) in [5.74, 6) is -1.11. The van der Waals surface area contributed by atoms with Crippen molar-refractivity contribution in [3.63, 3.8) is 0 Å². The number of halogens is 5. The van der Waals surface area contributed by atoms with E-state index < -0.39 is 29.6 Å². The van der Waals surface area contributed by atoms with Crippen LogP contribution >= 0.6 is 11.6 Å². The second kappa shape index (κ2) is 9.44. The molecule has 0 spiro atoms. The average Bonchev–Trinajstić information content (AvgIpc) is 2.71. The van der Waals surface area contributed by atoms with Crippen LogP contribution in [0.2, 0.25) is 5.15 Å². The van der Waals surface area contributed by atoms with Gasteiger partial charge in [0.1, 0.15) is 18.5 Å². The van der Waals surface area contributed by atoms with E-state index in [1.54, 1.807) is 12.1 Å². The lowest BCUT2D eigenvalue weighted by Crippen LogP contribution is -2.47. The molecule has 2 heterocycles. The van der Waals surface area contributed by atoms with Crippen LogP contribution in [0.3, 0.4) is 0 Å². The van der Waals surface area contributed by atoms with Crippen molar-refractivity contribution in [1.29, 1.82) is 0 Å². The Bertz CT molecular complexity index is 937. The molecule has 1 fully saturated rings. The quantitative estimate of drug-likeness (QED) is 0.394. The summed E-state index contributed by atoms with van der Waals surface area (Å²) in [6.07, 6.45) is -1.60. The van der Waals surface area contributed by atoms with Crippen molar-refractivity contribution in [3.8, 4) is 5.75 Å². The van der Waals surface area contributed by atoms with Crippen LogP contribution in [0.4, 0.5) is 17.6 Å². The lowest BCUT2D eigenvalue weighted by Gasteiger charge is -2.32. The highest BCUT2D eigenvalue weighted by molar-refractivity contribution is 6.30. The molecule has 1 aliphatic heterocycles. The molecular formula is C20H17ClF4N2O3. The van der Waals surface area contributed by atoms with E-state index in [4.69, 9.17) is 21.1 Å². The minimum absolute atomic E-state index is 0.120. The van der Waals surface area contributed by atoms with E-state index in [2.05, 4.69) is 4.98 Å². The maximum Gasteiger partial charge on any atom is 0.417 e. The molecular weight excluding hydrogens is 428 g/mol. The number of carbonyl (C=O) groups is 1. The molecule has 30 heavy (non-hydrogen) atoms. The Kier molecular flexibility index (Phi) is 6.94. The van der Waals surface area contributed by atoms with Crippen molar-refractivity contribution in [2.75, 3.05) is 26.3 Å². The molecule has 1 aliphatic rings. The van der Waals surface area contributed by atoms with E-state index in [1.165, 1.54) is 11.1 Å². The number of ether oxygens (including phenoxy) is 2. The molecule has 160 valence electrons. The van der Waals surface area contributed by atoms with Gasteiger partial charge in [0.15, 0.2) is 10.9 Å². The molecule has 0 saturated carbocycles. The lowest BCUT2D eigenvalue weighted by atomic mass is 10.1. The van der Waals surface area contributed by atoms with E-state index in [0.29, 0.717) is 11.8 Å². The molecule has 1 saturated heterocycles. The van der Waals surface area contributed by atoms with Crippen molar-refractivity contribution in [2.24, 2.45) is 0 Å². The fourth-order valence-electron chi connectivity index (χ4n) is 2.87. The van der Waals surface area contributed by atoms with E-state index >= 15 is 0 Å². The van der Waals surface area contributed by atoms with Gasteiger partial charge < -0.3 is 14.4 Å². The zero-order valence-electron chi connectivity index (χ0n) is 15.5. The van der Waals surface area contributed by atoms with Gasteiger partial charge in [0.25, 0.3) is 0 Å². The number of rotatable bonds is 5. The van der Waals surface area contributed by atoms with Gasteiger partial charge in [0, 0.05) is 18.8 Å². The smallest absolute Gasteiger partial charge is 0.417 e. The first kappa shape index (κ1) is 22.0. The maximum atomic E-state index is 13.2. The third kappa shape index (κ3) is 5.70. The minimum Gasteiger partial charge on any atom is -0.488 e. The zero-order chi connectivity index (χ0) is 21.7. The second-order valence-electron chi connectivity index (χ2n) is 6.44. The number of nitrogens with zero attached hydrogens (tertiary/aromatic N) is 2. The average molecular weight is 445 g/mol. The molecule has 0 radical (unpaired) electrons. The number of morpholine rings is 1. The van der Waals surface area contributed by atoms with Gasteiger partial charge in [-0.05, 0) is 35.9 Å². The van der Waals surface area contributed by atoms with Crippen molar-refractivity contribution in [2.45, 2.75) is 12.3 Å². The first-order chi connectivity index (χ1) is 14.2. The molecule has 2 aromatic rings. The maximum absolute atomic E-state index is 13.2. The Labute approximate surface area is 174 Å². The van der Waals surface area contributed by atoms with Gasteiger partial charge in [0.2, 0.25) is 5.91 Å². The Hall–Kier alpha value is -2.65. The number of pyridine rings is 1. The van der Waals surface area contributed by atoms with Crippen LogP contribution in [-0.4, -0.2) is 48.2 Å². The van der Waals surface area contributed by atoms with Crippen molar-refractivity contribution in [3.05, 3.63) is 64.7 Å². The SMILES string of the molecule is O=C(C=Cc1ccc(F)cc1C(F)(F)F)N1CCOC(COc2cccnc2Cl)C1. The third-order valence-electron chi connectivity index (χ3n) is 4.33. The molecule has 1 amide bonds. The Balaban J connectivity index is 1.62. The van der Waals surface area contributed by atoms with Crippen molar-refractivity contribution < 1.29 is 31.8 Å². The Morgan fingerprint density at radius 2 is 2.17 bits per heavy atom. The van der Waals surface area contributed by atoms with E-state index in [0.717, 1.165) is 24.3 Å². The molecule has 0 aliphatic carbocycles. The van der Waals surface area contributed by atoms with E-state index in [-0.39, 0.29) is 37.0 Å². The van der Waals surface area contributed by atoms with Crippen LogP contribution in [0.1, 0.15) is 11.1 Å².